The largest absolute Gasteiger partial charge is 0.351 e. The lowest BCUT2D eigenvalue weighted by molar-refractivity contribution is 0.0954. The summed E-state index contributed by atoms with van der Waals surface area (Å²) in [6, 6.07) is 16.4. The van der Waals surface area contributed by atoms with Gasteiger partial charge in [0.25, 0.3) is 5.91 Å². The van der Waals surface area contributed by atoms with Gasteiger partial charge in [-0.05, 0) is 67.5 Å². The lowest BCUT2D eigenvalue weighted by Crippen LogP contribution is -2.34. The van der Waals surface area contributed by atoms with Crippen LogP contribution in [0.25, 0.3) is 0 Å². The molecule has 1 aliphatic rings. The van der Waals surface area contributed by atoms with Gasteiger partial charge in [-0.2, -0.15) is 0 Å². The van der Waals surface area contributed by atoms with Crippen LogP contribution in [0.3, 0.4) is 0 Å². The first-order valence-electron chi connectivity index (χ1n) is 10.6. The monoisotopic (exact) mass is 463 g/mol. The molecule has 0 radical (unpaired) electrons. The minimum Gasteiger partial charge on any atom is -0.351 e. The van der Waals surface area contributed by atoms with E-state index < -0.39 is 10.0 Å². The molecule has 1 aliphatic carbocycles. The van der Waals surface area contributed by atoms with Gasteiger partial charge in [-0.25, -0.2) is 13.1 Å². The predicted molar refractivity (Wildman–Crippen MR) is 125 cm³/mol. The van der Waals surface area contributed by atoms with E-state index in [1.807, 2.05) is 42.5 Å². The van der Waals surface area contributed by atoms with E-state index in [-0.39, 0.29) is 25.0 Å². The molecule has 168 valence electrons. The molecule has 0 heterocycles. The molecule has 3 rings (SSSR count). The smallest absolute Gasteiger partial charge is 0.251 e. The van der Waals surface area contributed by atoms with Crippen LogP contribution in [-0.4, -0.2) is 39.7 Å². The molecule has 0 saturated heterocycles. The van der Waals surface area contributed by atoms with Crippen LogP contribution in [0.4, 0.5) is 0 Å². The molecule has 2 aromatic carbocycles. The number of halogens is 1. The Morgan fingerprint density at radius 2 is 1.87 bits per heavy atom. The minimum absolute atomic E-state index is 0.173. The highest BCUT2D eigenvalue weighted by Crippen LogP contribution is 2.35. The van der Waals surface area contributed by atoms with Gasteiger partial charge in [0.15, 0.2) is 0 Å². The van der Waals surface area contributed by atoms with Gasteiger partial charge in [0.05, 0.1) is 6.26 Å². The lowest BCUT2D eigenvalue weighted by atomic mass is 9.96. The van der Waals surface area contributed by atoms with Crippen molar-refractivity contribution in [3.8, 4) is 0 Å². The van der Waals surface area contributed by atoms with Crippen LogP contribution in [0.5, 0.6) is 0 Å². The van der Waals surface area contributed by atoms with Gasteiger partial charge in [0.1, 0.15) is 0 Å². The van der Waals surface area contributed by atoms with Crippen molar-refractivity contribution in [2.24, 2.45) is 0 Å². The Kier molecular flexibility index (Phi) is 8.11. The molecule has 1 saturated carbocycles. The number of benzene rings is 2. The van der Waals surface area contributed by atoms with Gasteiger partial charge in [-0.15, -0.1) is 0 Å². The second-order valence-corrected chi connectivity index (χ2v) is 10.5. The summed E-state index contributed by atoms with van der Waals surface area (Å²) in [5.41, 5.74) is 3.01. The summed E-state index contributed by atoms with van der Waals surface area (Å²) in [5, 5.41) is 7.20. The maximum Gasteiger partial charge on any atom is 0.251 e. The Morgan fingerprint density at radius 1 is 1.13 bits per heavy atom. The van der Waals surface area contributed by atoms with E-state index in [1.165, 1.54) is 11.1 Å². The van der Waals surface area contributed by atoms with Gasteiger partial charge in [-0.3, -0.25) is 4.79 Å². The molecular weight excluding hydrogens is 434 g/mol. The summed E-state index contributed by atoms with van der Waals surface area (Å²) in [7, 11) is -3.24. The van der Waals surface area contributed by atoms with Crippen molar-refractivity contribution in [2.45, 2.75) is 44.2 Å². The Balaban J connectivity index is 1.48. The Morgan fingerprint density at radius 3 is 2.55 bits per heavy atom. The quantitative estimate of drug-likeness (QED) is 0.496. The average molecular weight is 464 g/mol. The third kappa shape index (κ3) is 7.31. The third-order valence-electron chi connectivity index (χ3n) is 5.69. The fraction of sp³-hybridized carbons (Fsp3) is 0.435. The first-order valence-corrected chi connectivity index (χ1v) is 12.8. The molecule has 2 aromatic rings. The highest BCUT2D eigenvalue weighted by molar-refractivity contribution is 7.88. The number of rotatable bonds is 9. The number of nitrogens with one attached hydrogen (secondary N) is 3. The zero-order valence-electron chi connectivity index (χ0n) is 17.9. The zero-order valence-corrected chi connectivity index (χ0v) is 19.5. The standard InChI is InChI=1S/C23H30ClN3O3S/c1-16(19-4-3-5-21(24)14-19)27-22-11-10-20(15-22)17-6-8-18(9-7-17)23(28)25-12-13-26-31(2,29)30/h3-9,14,16,20,22,26-27H,10-13,15H2,1-2H3,(H,25,28)/t16-,20+,22?/m1/s1. The fourth-order valence-electron chi connectivity index (χ4n) is 4.08. The van der Waals surface area contributed by atoms with E-state index in [1.54, 1.807) is 0 Å². The fourth-order valence-corrected chi connectivity index (χ4v) is 4.75. The van der Waals surface area contributed by atoms with Crippen molar-refractivity contribution < 1.29 is 13.2 Å². The number of sulfonamides is 1. The molecule has 31 heavy (non-hydrogen) atoms. The maximum absolute atomic E-state index is 12.2. The van der Waals surface area contributed by atoms with E-state index in [9.17, 15) is 13.2 Å². The highest BCUT2D eigenvalue weighted by atomic mass is 35.5. The van der Waals surface area contributed by atoms with Crippen LogP contribution in [0, 0.1) is 0 Å². The molecule has 3 atom stereocenters. The Labute approximate surface area is 189 Å². The molecule has 0 spiro atoms. The number of carbonyl (C=O) groups excluding carboxylic acids is 1. The van der Waals surface area contributed by atoms with Gasteiger partial charge in [0.2, 0.25) is 10.0 Å². The van der Waals surface area contributed by atoms with E-state index in [0.717, 1.165) is 30.5 Å². The summed E-state index contributed by atoms with van der Waals surface area (Å²) in [4.78, 5) is 12.2. The predicted octanol–water partition coefficient (Wildman–Crippen LogP) is 3.61. The van der Waals surface area contributed by atoms with Crippen LogP contribution in [-0.2, 0) is 10.0 Å². The minimum atomic E-state index is -3.24. The van der Waals surface area contributed by atoms with Crippen molar-refractivity contribution in [3.63, 3.8) is 0 Å². The number of amides is 1. The van der Waals surface area contributed by atoms with Gasteiger partial charge < -0.3 is 10.6 Å². The topological polar surface area (TPSA) is 87.3 Å². The van der Waals surface area contributed by atoms with Gasteiger partial charge >= 0.3 is 0 Å². The zero-order chi connectivity index (χ0) is 22.4. The summed E-state index contributed by atoms with van der Waals surface area (Å²) in [5.74, 6) is 0.267. The highest BCUT2D eigenvalue weighted by Gasteiger charge is 2.27. The molecule has 8 heteroatoms. The van der Waals surface area contributed by atoms with E-state index >= 15 is 0 Å². The van der Waals surface area contributed by atoms with Crippen LogP contribution >= 0.6 is 11.6 Å². The number of hydrogen-bond acceptors (Lipinski definition) is 4. The molecule has 1 amide bonds. The molecule has 0 aromatic heterocycles. The number of hydrogen-bond donors (Lipinski definition) is 3. The van der Waals surface area contributed by atoms with Crippen LogP contribution < -0.4 is 15.4 Å². The number of carbonyl (C=O) groups is 1. The maximum atomic E-state index is 12.2. The third-order valence-corrected chi connectivity index (χ3v) is 6.65. The van der Waals surface area contributed by atoms with Gasteiger partial charge in [-0.1, -0.05) is 35.9 Å². The van der Waals surface area contributed by atoms with Gasteiger partial charge in [0, 0.05) is 35.8 Å². The van der Waals surface area contributed by atoms with Crippen molar-refractivity contribution in [1.82, 2.24) is 15.4 Å². The molecule has 3 N–H and O–H groups in total. The van der Waals surface area contributed by atoms with Crippen molar-refractivity contribution in [1.29, 1.82) is 0 Å². The summed E-state index contributed by atoms with van der Waals surface area (Å²) < 4.78 is 24.4. The SMILES string of the molecule is C[C@@H](NC1CC[C@H](c2ccc(C(=O)NCCNS(C)(=O)=O)cc2)C1)c1cccc(Cl)c1. The molecular formula is C23H30ClN3O3S. The van der Waals surface area contributed by atoms with Crippen LogP contribution in [0.1, 0.15) is 59.6 Å². The summed E-state index contributed by atoms with van der Waals surface area (Å²) in [6.45, 7) is 2.58. The van der Waals surface area contributed by atoms with E-state index in [2.05, 4.69) is 28.3 Å². The molecule has 0 bridgehead atoms. The molecule has 0 aliphatic heterocycles. The summed E-state index contributed by atoms with van der Waals surface area (Å²) in [6.07, 6.45) is 4.38. The van der Waals surface area contributed by atoms with E-state index in [0.29, 0.717) is 17.5 Å². The lowest BCUT2D eigenvalue weighted by Gasteiger charge is -2.20. The second-order valence-electron chi connectivity index (χ2n) is 8.19. The second kappa shape index (κ2) is 10.6. The van der Waals surface area contributed by atoms with Crippen molar-refractivity contribution in [3.05, 3.63) is 70.2 Å². The summed E-state index contributed by atoms with van der Waals surface area (Å²) >= 11 is 6.11. The Bertz CT molecular complexity index is 995. The first kappa shape index (κ1) is 23.7. The first-order chi connectivity index (χ1) is 14.7. The van der Waals surface area contributed by atoms with Crippen LogP contribution in [0.15, 0.2) is 48.5 Å². The average Bonchev–Trinajstić information content (AvgIpc) is 3.19. The van der Waals surface area contributed by atoms with Crippen molar-refractivity contribution in [2.75, 3.05) is 19.3 Å². The molecule has 1 fully saturated rings. The molecule has 1 unspecified atom stereocenters. The van der Waals surface area contributed by atoms with E-state index in [4.69, 9.17) is 11.6 Å². The Hall–Kier alpha value is -1.93. The van der Waals surface area contributed by atoms with Crippen LogP contribution in [0.2, 0.25) is 5.02 Å². The molecule has 6 nitrogen and oxygen atoms in total. The normalized spacial score (nSPS) is 19.8. The van der Waals surface area contributed by atoms with Crippen molar-refractivity contribution >= 4 is 27.5 Å².